The van der Waals surface area contributed by atoms with E-state index in [0.29, 0.717) is 22.9 Å². The van der Waals surface area contributed by atoms with Crippen molar-refractivity contribution in [2.45, 2.75) is 44.9 Å². The van der Waals surface area contributed by atoms with Gasteiger partial charge in [0, 0.05) is 0 Å². The third kappa shape index (κ3) is 5.77. The van der Waals surface area contributed by atoms with Gasteiger partial charge in [-0.05, 0) is 79.1 Å². The van der Waals surface area contributed by atoms with Crippen molar-refractivity contribution < 1.29 is 32.0 Å². The number of aryl methyl sites for hydroxylation is 1. The minimum absolute atomic E-state index is 0.213. The average Bonchev–Trinajstić information content (AvgIpc) is 3.72. The lowest BCUT2D eigenvalue weighted by molar-refractivity contribution is -0.137. The number of nitrogens with one attached hydrogen (secondary N) is 1. The van der Waals surface area contributed by atoms with Crippen LogP contribution in [0.15, 0.2) is 71.3 Å². The van der Waals surface area contributed by atoms with Crippen LogP contribution in [-0.2, 0) is 10.9 Å². The van der Waals surface area contributed by atoms with E-state index in [2.05, 4.69) is 34.7 Å². The van der Waals surface area contributed by atoms with Gasteiger partial charge in [0.2, 0.25) is 0 Å². The number of carbonyl (C=O) groups excluding carboxylic acids is 1. The highest BCUT2D eigenvalue weighted by molar-refractivity contribution is 5.92. The van der Waals surface area contributed by atoms with Gasteiger partial charge in [0.15, 0.2) is 5.76 Å². The Hall–Kier alpha value is -4.27. The molecule has 6 nitrogen and oxygen atoms in total. The summed E-state index contributed by atoms with van der Waals surface area (Å²) in [6.07, 6.45) is -3.81. The van der Waals surface area contributed by atoms with Crippen molar-refractivity contribution in [1.82, 2.24) is 5.16 Å². The second kappa shape index (κ2) is 10.5. The highest BCUT2D eigenvalue weighted by Gasteiger charge is 2.31. The lowest BCUT2D eigenvalue weighted by Gasteiger charge is -2.16. The maximum Gasteiger partial charge on any atom is 0.416 e. The van der Waals surface area contributed by atoms with Crippen LogP contribution in [0.5, 0.6) is 5.75 Å². The average molecular weight is 537 g/mol. The topological polar surface area (TPSA) is 73.6 Å². The zero-order valence-corrected chi connectivity index (χ0v) is 21.6. The fourth-order valence-electron chi connectivity index (χ4n) is 4.45. The van der Waals surface area contributed by atoms with Crippen molar-refractivity contribution in [2.75, 3.05) is 12.4 Å². The van der Waals surface area contributed by atoms with Crippen LogP contribution in [0.1, 0.15) is 54.2 Å². The fourth-order valence-corrected chi connectivity index (χ4v) is 4.45. The molecule has 1 amide bonds. The Bertz CT molecular complexity index is 1490. The molecule has 0 bridgehead atoms. The van der Waals surface area contributed by atoms with Crippen molar-refractivity contribution in [2.24, 2.45) is 0 Å². The first-order valence-corrected chi connectivity index (χ1v) is 12.5. The Morgan fingerprint density at radius 1 is 1.05 bits per heavy atom. The van der Waals surface area contributed by atoms with Gasteiger partial charge in [-0.15, -0.1) is 0 Å². The summed E-state index contributed by atoms with van der Waals surface area (Å²) in [7, 11) is 1.54. The molecule has 5 rings (SSSR count). The molecular weight excluding hydrogens is 509 g/mol. The standard InChI is InChI=1S/C30H27F3N2O4/c1-17-27(34-29(36)38-18(2)22-5-4-6-24(15-22)30(31,32)33)28(39-35-17)25-14-13-23(16-26(25)37-3)21-11-9-20(10-12-21)19-7-8-19/h4-6,9-16,18-19H,7-8H2,1-3H3,(H,34,36)/t18-/m1/s1. The third-order valence-corrected chi connectivity index (χ3v) is 6.80. The molecule has 1 aromatic heterocycles. The summed E-state index contributed by atoms with van der Waals surface area (Å²) in [4.78, 5) is 12.7. The van der Waals surface area contributed by atoms with Crippen LogP contribution in [0.3, 0.4) is 0 Å². The van der Waals surface area contributed by atoms with Crippen molar-refractivity contribution in [3.8, 4) is 28.2 Å². The first-order chi connectivity index (χ1) is 18.6. The smallest absolute Gasteiger partial charge is 0.416 e. The minimum Gasteiger partial charge on any atom is -0.496 e. The van der Waals surface area contributed by atoms with Crippen LogP contribution in [0.4, 0.5) is 23.7 Å². The van der Waals surface area contributed by atoms with E-state index in [4.69, 9.17) is 14.0 Å². The molecule has 39 heavy (non-hydrogen) atoms. The number of methoxy groups -OCH3 is 1. The van der Waals surface area contributed by atoms with Gasteiger partial charge in [0.25, 0.3) is 0 Å². The molecule has 1 atom stereocenters. The second-order valence-corrected chi connectivity index (χ2v) is 9.58. The summed E-state index contributed by atoms with van der Waals surface area (Å²) in [6.45, 7) is 3.15. The van der Waals surface area contributed by atoms with Gasteiger partial charge in [-0.3, -0.25) is 5.32 Å². The highest BCUT2D eigenvalue weighted by atomic mass is 19.4. The first kappa shape index (κ1) is 26.3. The SMILES string of the molecule is COc1cc(-c2ccc(C3CC3)cc2)ccc1-c1onc(C)c1NC(=O)O[C@H](C)c1cccc(C(F)(F)F)c1. The largest absolute Gasteiger partial charge is 0.496 e. The molecule has 0 radical (unpaired) electrons. The van der Waals surface area contributed by atoms with Gasteiger partial charge < -0.3 is 14.0 Å². The Balaban J connectivity index is 1.35. The molecule has 0 spiro atoms. The maximum absolute atomic E-state index is 13.1. The van der Waals surface area contributed by atoms with Gasteiger partial charge in [-0.2, -0.15) is 13.2 Å². The number of carbonyl (C=O) groups is 1. The Labute approximate surface area is 223 Å². The van der Waals surface area contributed by atoms with Crippen LogP contribution in [0, 0.1) is 6.92 Å². The van der Waals surface area contributed by atoms with Crippen LogP contribution >= 0.6 is 0 Å². The molecule has 0 aliphatic heterocycles. The van der Waals surface area contributed by atoms with Crippen LogP contribution in [0.2, 0.25) is 0 Å². The number of rotatable bonds is 7. The minimum atomic E-state index is -4.50. The fraction of sp³-hybridized carbons (Fsp3) is 0.267. The molecule has 0 saturated heterocycles. The summed E-state index contributed by atoms with van der Waals surface area (Å²) in [5.74, 6) is 1.46. The summed E-state index contributed by atoms with van der Waals surface area (Å²) < 4.78 is 55.8. The molecule has 4 aromatic rings. The lowest BCUT2D eigenvalue weighted by Crippen LogP contribution is -2.17. The molecule has 1 aliphatic carbocycles. The predicted octanol–water partition coefficient (Wildman–Crippen LogP) is 8.53. The molecule has 1 N–H and O–H groups in total. The Kier molecular flexibility index (Phi) is 7.08. The van der Waals surface area contributed by atoms with Crippen molar-refractivity contribution >= 4 is 11.8 Å². The second-order valence-electron chi connectivity index (χ2n) is 9.58. The van der Waals surface area contributed by atoms with Gasteiger partial charge >= 0.3 is 12.3 Å². The molecule has 202 valence electrons. The quantitative estimate of drug-likeness (QED) is 0.256. The zero-order chi connectivity index (χ0) is 27.7. The summed E-state index contributed by atoms with van der Waals surface area (Å²) >= 11 is 0. The number of amides is 1. The maximum atomic E-state index is 13.1. The van der Waals surface area contributed by atoms with Gasteiger partial charge in [-0.25, -0.2) is 4.79 Å². The van der Waals surface area contributed by atoms with E-state index in [0.717, 1.165) is 23.3 Å². The molecule has 9 heteroatoms. The molecule has 1 heterocycles. The van der Waals surface area contributed by atoms with Gasteiger partial charge in [0.05, 0.1) is 18.2 Å². The van der Waals surface area contributed by atoms with E-state index in [1.165, 1.54) is 37.5 Å². The van der Waals surface area contributed by atoms with Crippen LogP contribution in [0.25, 0.3) is 22.5 Å². The van der Waals surface area contributed by atoms with Crippen molar-refractivity contribution in [3.63, 3.8) is 0 Å². The van der Waals surface area contributed by atoms with Crippen LogP contribution < -0.4 is 10.1 Å². The number of hydrogen-bond donors (Lipinski definition) is 1. The molecule has 3 aromatic carbocycles. The Morgan fingerprint density at radius 2 is 1.77 bits per heavy atom. The molecule has 1 fully saturated rings. The molecular formula is C30H27F3N2O4. The molecule has 1 aliphatic rings. The normalized spacial score (nSPS) is 14.1. The number of alkyl halides is 3. The summed E-state index contributed by atoms with van der Waals surface area (Å²) in [6, 6.07) is 18.8. The number of aromatic nitrogens is 1. The van der Waals surface area contributed by atoms with Gasteiger partial charge in [-0.1, -0.05) is 47.6 Å². The summed E-state index contributed by atoms with van der Waals surface area (Å²) in [5, 5.41) is 6.61. The van der Waals surface area contributed by atoms with Crippen molar-refractivity contribution in [3.05, 3.63) is 89.1 Å². The zero-order valence-electron chi connectivity index (χ0n) is 21.6. The van der Waals surface area contributed by atoms with E-state index in [1.807, 2.05) is 18.2 Å². The number of benzene rings is 3. The number of ether oxygens (including phenoxy) is 2. The van der Waals surface area contributed by atoms with Crippen LogP contribution in [-0.4, -0.2) is 18.4 Å². The third-order valence-electron chi connectivity index (χ3n) is 6.80. The molecule has 1 saturated carbocycles. The summed E-state index contributed by atoms with van der Waals surface area (Å²) in [5.41, 5.74) is 3.99. The van der Waals surface area contributed by atoms with E-state index in [9.17, 15) is 18.0 Å². The monoisotopic (exact) mass is 536 g/mol. The van der Waals surface area contributed by atoms with E-state index >= 15 is 0 Å². The lowest BCUT2D eigenvalue weighted by atomic mass is 9.99. The van der Waals surface area contributed by atoms with Crippen molar-refractivity contribution in [1.29, 1.82) is 0 Å². The first-order valence-electron chi connectivity index (χ1n) is 12.5. The number of hydrogen-bond acceptors (Lipinski definition) is 5. The van der Waals surface area contributed by atoms with E-state index in [1.54, 1.807) is 14.0 Å². The molecule has 0 unspecified atom stereocenters. The number of anilines is 1. The number of halogens is 3. The van der Waals surface area contributed by atoms with E-state index < -0.39 is 23.9 Å². The Morgan fingerprint density at radius 3 is 2.44 bits per heavy atom. The number of nitrogens with zero attached hydrogens (tertiary/aromatic N) is 1. The van der Waals surface area contributed by atoms with E-state index in [-0.39, 0.29) is 17.0 Å². The highest BCUT2D eigenvalue weighted by Crippen LogP contribution is 2.42. The predicted molar refractivity (Wildman–Crippen MR) is 141 cm³/mol. The van der Waals surface area contributed by atoms with Gasteiger partial charge in [0.1, 0.15) is 23.2 Å².